The van der Waals surface area contributed by atoms with Gasteiger partial charge in [0.15, 0.2) is 0 Å². The Hall–Kier alpha value is -2.17. The van der Waals surface area contributed by atoms with Gasteiger partial charge in [-0.15, -0.1) is 0 Å². The standard InChI is InChI=1S/C22H26N4O/c27-21(22-11-15-7-16(12-22)9-17(8-15)13-22)25-5-6-26-18(14-25)10-20(24-26)19-3-1-2-4-23-19/h1-4,10,15-17H,5-9,11-14H2. The molecular formula is C22H26N4O. The molecule has 27 heavy (non-hydrogen) atoms. The van der Waals surface area contributed by atoms with E-state index >= 15 is 0 Å². The molecule has 5 heteroatoms. The van der Waals surface area contributed by atoms with Gasteiger partial charge in [0.25, 0.3) is 0 Å². The van der Waals surface area contributed by atoms with Gasteiger partial charge in [-0.3, -0.25) is 14.5 Å². The molecule has 0 radical (unpaired) electrons. The predicted molar refractivity (Wildman–Crippen MR) is 101 cm³/mol. The van der Waals surface area contributed by atoms with Crippen molar-refractivity contribution in [2.75, 3.05) is 6.54 Å². The molecule has 4 aliphatic carbocycles. The molecule has 5 aliphatic rings. The molecular weight excluding hydrogens is 336 g/mol. The van der Waals surface area contributed by atoms with E-state index in [2.05, 4.69) is 20.6 Å². The Morgan fingerprint density at radius 3 is 2.41 bits per heavy atom. The third kappa shape index (κ3) is 2.47. The lowest BCUT2D eigenvalue weighted by Gasteiger charge is -2.56. The van der Waals surface area contributed by atoms with Crippen molar-refractivity contribution in [2.24, 2.45) is 23.2 Å². The van der Waals surface area contributed by atoms with Crippen LogP contribution >= 0.6 is 0 Å². The SMILES string of the molecule is O=C(N1CCn2nc(-c3ccccn3)cc2C1)C12CC3CC(CC(C3)C1)C2. The molecule has 0 N–H and O–H groups in total. The molecule has 5 nitrogen and oxygen atoms in total. The average Bonchev–Trinajstić information content (AvgIpc) is 3.10. The van der Waals surface area contributed by atoms with E-state index in [9.17, 15) is 4.79 Å². The summed E-state index contributed by atoms with van der Waals surface area (Å²) >= 11 is 0. The van der Waals surface area contributed by atoms with Crippen molar-refractivity contribution < 1.29 is 4.79 Å². The quantitative estimate of drug-likeness (QED) is 0.821. The van der Waals surface area contributed by atoms with Crippen LogP contribution in [0.25, 0.3) is 11.4 Å². The fourth-order valence-corrected chi connectivity index (χ4v) is 6.79. The van der Waals surface area contributed by atoms with E-state index in [1.807, 2.05) is 18.2 Å². The maximum atomic E-state index is 13.6. The molecule has 3 heterocycles. The summed E-state index contributed by atoms with van der Waals surface area (Å²) in [6, 6.07) is 8.02. The topological polar surface area (TPSA) is 51.0 Å². The molecule has 4 fully saturated rings. The van der Waals surface area contributed by atoms with Crippen LogP contribution in [0.3, 0.4) is 0 Å². The number of carbonyl (C=O) groups excluding carboxylic acids is 1. The Kier molecular flexibility index (Phi) is 3.32. The highest BCUT2D eigenvalue weighted by molar-refractivity contribution is 5.83. The fraction of sp³-hybridized carbons (Fsp3) is 0.591. The first kappa shape index (κ1) is 15.8. The van der Waals surface area contributed by atoms with Crippen molar-refractivity contribution in [1.82, 2.24) is 19.7 Å². The number of carbonyl (C=O) groups is 1. The van der Waals surface area contributed by atoms with Gasteiger partial charge in [-0.1, -0.05) is 6.07 Å². The zero-order chi connectivity index (χ0) is 18.0. The van der Waals surface area contributed by atoms with E-state index in [4.69, 9.17) is 5.10 Å². The number of pyridine rings is 1. The zero-order valence-corrected chi connectivity index (χ0v) is 15.7. The zero-order valence-electron chi connectivity index (χ0n) is 15.7. The van der Waals surface area contributed by atoms with Crippen molar-refractivity contribution in [3.05, 3.63) is 36.2 Å². The third-order valence-corrected chi connectivity index (χ3v) is 7.50. The number of rotatable bonds is 2. The van der Waals surface area contributed by atoms with Gasteiger partial charge in [0, 0.05) is 12.7 Å². The monoisotopic (exact) mass is 362 g/mol. The van der Waals surface area contributed by atoms with Gasteiger partial charge in [0.2, 0.25) is 5.91 Å². The van der Waals surface area contributed by atoms with E-state index in [-0.39, 0.29) is 5.41 Å². The number of hydrogen-bond donors (Lipinski definition) is 0. The smallest absolute Gasteiger partial charge is 0.229 e. The highest BCUT2D eigenvalue weighted by Gasteiger charge is 2.55. The molecule has 2 aromatic heterocycles. The summed E-state index contributed by atoms with van der Waals surface area (Å²) < 4.78 is 2.06. The molecule has 140 valence electrons. The number of hydrogen-bond acceptors (Lipinski definition) is 3. The van der Waals surface area contributed by atoms with E-state index in [1.165, 1.54) is 19.3 Å². The second kappa shape index (κ2) is 5.66. The summed E-state index contributed by atoms with van der Waals surface area (Å²) in [6.07, 6.45) is 9.38. The minimum atomic E-state index is -0.0409. The van der Waals surface area contributed by atoms with Gasteiger partial charge in [0.1, 0.15) is 5.69 Å². The summed E-state index contributed by atoms with van der Waals surface area (Å²) in [6.45, 7) is 2.28. The van der Waals surface area contributed by atoms with Crippen LogP contribution in [0.2, 0.25) is 0 Å². The average molecular weight is 362 g/mol. The number of amides is 1. The van der Waals surface area contributed by atoms with Gasteiger partial charge < -0.3 is 4.90 Å². The summed E-state index contributed by atoms with van der Waals surface area (Å²) in [7, 11) is 0. The maximum absolute atomic E-state index is 13.6. The normalized spacial score (nSPS) is 33.9. The molecule has 1 amide bonds. The molecule has 0 spiro atoms. The van der Waals surface area contributed by atoms with Crippen molar-refractivity contribution >= 4 is 5.91 Å². The molecule has 7 rings (SSSR count). The number of fused-ring (bicyclic) bond motifs is 1. The van der Waals surface area contributed by atoms with Crippen LogP contribution in [0, 0.1) is 23.2 Å². The van der Waals surface area contributed by atoms with Crippen LogP contribution in [0.15, 0.2) is 30.5 Å². The lowest BCUT2D eigenvalue weighted by atomic mass is 9.49. The lowest BCUT2D eigenvalue weighted by molar-refractivity contribution is -0.159. The molecule has 1 aliphatic heterocycles. The maximum Gasteiger partial charge on any atom is 0.229 e. The first-order chi connectivity index (χ1) is 13.2. The Morgan fingerprint density at radius 2 is 1.74 bits per heavy atom. The first-order valence-corrected chi connectivity index (χ1v) is 10.5. The van der Waals surface area contributed by atoms with Gasteiger partial charge in [-0.2, -0.15) is 5.10 Å². The molecule has 0 atom stereocenters. The Labute approximate surface area is 159 Å². The van der Waals surface area contributed by atoms with Crippen LogP contribution < -0.4 is 0 Å². The molecule has 0 aromatic carbocycles. The Balaban J connectivity index is 1.25. The van der Waals surface area contributed by atoms with Crippen LogP contribution in [0.1, 0.15) is 44.2 Å². The van der Waals surface area contributed by atoms with Gasteiger partial charge in [-0.25, -0.2) is 0 Å². The Morgan fingerprint density at radius 1 is 1.00 bits per heavy atom. The summed E-state index contributed by atoms with van der Waals surface area (Å²) in [5, 5.41) is 4.72. The van der Waals surface area contributed by atoms with Gasteiger partial charge in [-0.05, 0) is 74.5 Å². The summed E-state index contributed by atoms with van der Waals surface area (Å²) in [4.78, 5) is 20.2. The molecule has 0 unspecified atom stereocenters. The minimum Gasteiger partial charge on any atom is -0.334 e. The minimum absolute atomic E-state index is 0.0409. The summed E-state index contributed by atoms with van der Waals surface area (Å²) in [5.41, 5.74) is 2.91. The lowest BCUT2D eigenvalue weighted by Crippen LogP contribution is -2.55. The highest BCUT2D eigenvalue weighted by Crippen LogP contribution is 2.60. The largest absolute Gasteiger partial charge is 0.334 e. The number of nitrogens with zero attached hydrogens (tertiary/aromatic N) is 4. The first-order valence-electron chi connectivity index (χ1n) is 10.5. The summed E-state index contributed by atoms with van der Waals surface area (Å²) in [5.74, 6) is 2.87. The van der Waals surface area contributed by atoms with Crippen LogP contribution in [0.4, 0.5) is 0 Å². The Bertz CT molecular complexity index is 852. The van der Waals surface area contributed by atoms with Crippen LogP contribution in [-0.2, 0) is 17.9 Å². The molecule has 2 aromatic rings. The third-order valence-electron chi connectivity index (χ3n) is 7.50. The van der Waals surface area contributed by atoms with E-state index in [0.717, 1.165) is 67.2 Å². The highest BCUT2D eigenvalue weighted by atomic mass is 16.2. The van der Waals surface area contributed by atoms with Gasteiger partial charge >= 0.3 is 0 Å². The second-order valence-electron chi connectivity index (χ2n) is 9.38. The second-order valence-corrected chi connectivity index (χ2v) is 9.38. The van der Waals surface area contributed by atoms with E-state index in [0.29, 0.717) is 12.5 Å². The van der Waals surface area contributed by atoms with Crippen molar-refractivity contribution in [2.45, 2.75) is 51.6 Å². The van der Waals surface area contributed by atoms with E-state index < -0.39 is 0 Å². The predicted octanol–water partition coefficient (Wildman–Crippen LogP) is 3.50. The number of aromatic nitrogens is 3. The van der Waals surface area contributed by atoms with Crippen molar-refractivity contribution in [3.8, 4) is 11.4 Å². The fourth-order valence-electron chi connectivity index (χ4n) is 6.79. The molecule has 0 saturated heterocycles. The van der Waals surface area contributed by atoms with E-state index in [1.54, 1.807) is 6.20 Å². The van der Waals surface area contributed by atoms with Crippen LogP contribution in [-0.4, -0.2) is 32.1 Å². The van der Waals surface area contributed by atoms with Crippen molar-refractivity contribution in [1.29, 1.82) is 0 Å². The van der Waals surface area contributed by atoms with Crippen molar-refractivity contribution in [3.63, 3.8) is 0 Å². The van der Waals surface area contributed by atoms with Crippen LogP contribution in [0.5, 0.6) is 0 Å². The molecule has 4 saturated carbocycles. The van der Waals surface area contributed by atoms with Gasteiger partial charge in [0.05, 0.1) is 29.9 Å². The molecule has 4 bridgehead atoms.